The van der Waals surface area contributed by atoms with Gasteiger partial charge in [0, 0.05) is 12.2 Å². The van der Waals surface area contributed by atoms with Gasteiger partial charge in [-0.3, -0.25) is 4.42 Å². The van der Waals surface area contributed by atoms with Crippen molar-refractivity contribution in [1.82, 2.24) is 0 Å². The van der Waals surface area contributed by atoms with Gasteiger partial charge in [0.05, 0.1) is 6.10 Å². The van der Waals surface area contributed by atoms with Crippen LogP contribution in [0.25, 0.3) is 0 Å². The Morgan fingerprint density at radius 3 is 2.33 bits per heavy atom. The number of rotatable bonds is 1. The minimum atomic E-state index is -0.404. The molecule has 1 rings (SSSR count). The van der Waals surface area contributed by atoms with Crippen molar-refractivity contribution in [2.24, 2.45) is 0 Å². The summed E-state index contributed by atoms with van der Waals surface area (Å²) < 4.78 is 5.00. The Balaban J connectivity index is 2.73. The smallest absolute Gasteiger partial charge is 0.343 e. The Labute approximate surface area is 72.2 Å². The molecule has 1 unspecified atom stereocenters. The molecule has 12 heavy (non-hydrogen) atoms. The highest BCUT2D eigenvalue weighted by atomic mass is 16.4. The van der Waals surface area contributed by atoms with Gasteiger partial charge in [-0.1, -0.05) is 0 Å². The van der Waals surface area contributed by atoms with Crippen LogP contribution in [0.2, 0.25) is 0 Å². The van der Waals surface area contributed by atoms with E-state index in [1.807, 2.05) is 24.3 Å². The van der Waals surface area contributed by atoms with Crippen LogP contribution >= 0.6 is 0 Å². The summed E-state index contributed by atoms with van der Waals surface area (Å²) in [5, 5.41) is 9.05. The van der Waals surface area contributed by atoms with Crippen molar-refractivity contribution >= 4 is 5.78 Å². The van der Waals surface area contributed by atoms with Gasteiger partial charge in [0.15, 0.2) is 0 Å². The minimum absolute atomic E-state index is 0.404. The van der Waals surface area contributed by atoms with E-state index in [1.165, 1.54) is 0 Å². The fraction of sp³-hybridized carbons (Fsp3) is 0.300. The highest BCUT2D eigenvalue weighted by molar-refractivity contribution is 6.01. The molecule has 0 spiro atoms. The van der Waals surface area contributed by atoms with Crippen molar-refractivity contribution in [2.45, 2.75) is 13.0 Å². The van der Waals surface area contributed by atoms with Crippen LogP contribution in [0, 0.1) is 0 Å². The van der Waals surface area contributed by atoms with E-state index in [1.54, 1.807) is 20.1 Å². The van der Waals surface area contributed by atoms with E-state index in [0.717, 1.165) is 11.4 Å². The first-order valence-electron chi connectivity index (χ1n) is 3.89. The molecule has 0 aliphatic heterocycles. The average Bonchev–Trinajstić information content (AvgIpc) is 2.05. The Bertz CT molecular complexity index is 250. The fourth-order valence-electron chi connectivity index (χ4n) is 0.994. The van der Waals surface area contributed by atoms with Crippen LogP contribution < -0.4 is 0 Å². The second kappa shape index (κ2) is 4.02. The van der Waals surface area contributed by atoms with Gasteiger partial charge in [-0.25, -0.2) is 0 Å². The molecular formula is C10H13O2+. The van der Waals surface area contributed by atoms with E-state index in [4.69, 9.17) is 9.53 Å². The number of carbonyl (C=O) groups excluding carboxylic acids is 1. The highest BCUT2D eigenvalue weighted by Crippen LogP contribution is 2.06. The first kappa shape index (κ1) is 8.94. The van der Waals surface area contributed by atoms with Gasteiger partial charge in [-0.05, 0) is 30.7 Å². The van der Waals surface area contributed by atoms with Crippen molar-refractivity contribution in [2.75, 3.05) is 7.11 Å². The molecule has 0 radical (unpaired) electrons. The van der Waals surface area contributed by atoms with Crippen molar-refractivity contribution in [1.29, 1.82) is 0 Å². The van der Waals surface area contributed by atoms with Crippen LogP contribution in [0.3, 0.4) is 0 Å². The van der Waals surface area contributed by atoms with E-state index >= 15 is 0 Å². The van der Waals surface area contributed by atoms with Crippen molar-refractivity contribution in [3.05, 3.63) is 36.0 Å². The standard InChI is InChI=1S/C10H13O2/c1-8(11)7-9-3-5-10(12-2)6-4-9/h3-8,11H,1-2H3/q+1. The van der Waals surface area contributed by atoms with Crippen LogP contribution in [0.4, 0.5) is 0 Å². The third kappa shape index (κ3) is 2.47. The molecule has 64 valence electrons. The van der Waals surface area contributed by atoms with Crippen LogP contribution in [-0.2, 0) is 4.42 Å². The molecule has 1 N–H and O–H groups in total. The quantitative estimate of drug-likeness (QED) is 0.581. The molecule has 1 aliphatic carbocycles. The molecule has 1 atom stereocenters. The van der Waals surface area contributed by atoms with Gasteiger partial charge in [-0.15, -0.1) is 0 Å². The predicted octanol–water partition coefficient (Wildman–Crippen LogP) is 1.15. The number of hydrogen-bond donors (Lipinski definition) is 1. The first-order chi connectivity index (χ1) is 5.72. The van der Waals surface area contributed by atoms with Gasteiger partial charge in [-0.2, -0.15) is 0 Å². The largest absolute Gasteiger partial charge is 0.389 e. The van der Waals surface area contributed by atoms with Crippen molar-refractivity contribution in [3.8, 4) is 0 Å². The summed E-state index contributed by atoms with van der Waals surface area (Å²) in [5.41, 5.74) is 1.01. The maximum Gasteiger partial charge on any atom is 0.343 e. The highest BCUT2D eigenvalue weighted by Gasteiger charge is 2.05. The topological polar surface area (TPSA) is 31.5 Å². The third-order valence-electron chi connectivity index (χ3n) is 1.55. The Morgan fingerprint density at radius 2 is 1.92 bits per heavy atom. The lowest BCUT2D eigenvalue weighted by Crippen LogP contribution is -1.99. The van der Waals surface area contributed by atoms with Crippen LogP contribution in [0.1, 0.15) is 6.92 Å². The van der Waals surface area contributed by atoms with Crippen LogP contribution in [0.5, 0.6) is 0 Å². The SMILES string of the molecule is C[O+]=C1C=CC(=CC(C)O)C=C1. The van der Waals surface area contributed by atoms with E-state index in [2.05, 4.69) is 0 Å². The normalized spacial score (nSPS) is 17.9. The Hall–Kier alpha value is -1.15. The molecule has 0 amide bonds. The van der Waals surface area contributed by atoms with E-state index in [9.17, 15) is 0 Å². The molecule has 0 saturated heterocycles. The summed E-state index contributed by atoms with van der Waals surface area (Å²) in [6.45, 7) is 1.73. The van der Waals surface area contributed by atoms with E-state index < -0.39 is 6.10 Å². The van der Waals surface area contributed by atoms with E-state index in [-0.39, 0.29) is 0 Å². The van der Waals surface area contributed by atoms with Gasteiger partial charge >= 0.3 is 5.78 Å². The lowest BCUT2D eigenvalue weighted by molar-refractivity contribution is -0.417. The summed E-state index contributed by atoms with van der Waals surface area (Å²) in [6, 6.07) is 0. The van der Waals surface area contributed by atoms with Crippen LogP contribution in [0.15, 0.2) is 36.0 Å². The summed E-state index contributed by atoms with van der Waals surface area (Å²) in [5.74, 6) is 0.831. The number of allylic oxidation sites excluding steroid dienone is 5. The van der Waals surface area contributed by atoms with E-state index in [0.29, 0.717) is 0 Å². The van der Waals surface area contributed by atoms with Gasteiger partial charge in [0.25, 0.3) is 7.11 Å². The molecular weight excluding hydrogens is 152 g/mol. The van der Waals surface area contributed by atoms with Crippen LogP contribution in [-0.4, -0.2) is 24.1 Å². The molecule has 2 nitrogen and oxygen atoms in total. The summed E-state index contributed by atoms with van der Waals surface area (Å²) >= 11 is 0. The van der Waals surface area contributed by atoms with Crippen molar-refractivity contribution in [3.63, 3.8) is 0 Å². The first-order valence-corrected chi connectivity index (χ1v) is 3.89. The number of aliphatic hydroxyl groups excluding tert-OH is 1. The molecule has 0 aromatic heterocycles. The number of aliphatic hydroxyl groups is 1. The number of hydrogen-bond acceptors (Lipinski definition) is 1. The molecule has 0 bridgehead atoms. The maximum absolute atomic E-state index is 9.05. The second-order valence-electron chi connectivity index (χ2n) is 2.68. The van der Waals surface area contributed by atoms with Crippen molar-refractivity contribution < 1.29 is 9.53 Å². The summed E-state index contributed by atoms with van der Waals surface area (Å²) in [7, 11) is 1.63. The molecule has 1 aliphatic rings. The summed E-state index contributed by atoms with van der Waals surface area (Å²) in [4.78, 5) is 0. The average molecular weight is 165 g/mol. The number of ketones is 1. The molecule has 0 saturated carbocycles. The molecule has 0 aromatic rings. The zero-order valence-electron chi connectivity index (χ0n) is 7.32. The Morgan fingerprint density at radius 1 is 1.33 bits per heavy atom. The molecule has 0 aromatic carbocycles. The fourth-order valence-corrected chi connectivity index (χ4v) is 0.994. The minimum Gasteiger partial charge on any atom is -0.389 e. The zero-order chi connectivity index (χ0) is 8.97. The lowest BCUT2D eigenvalue weighted by Gasteiger charge is -1.99. The molecule has 2 heteroatoms. The Kier molecular flexibility index (Phi) is 3.00. The second-order valence-corrected chi connectivity index (χ2v) is 2.68. The third-order valence-corrected chi connectivity index (χ3v) is 1.55. The van der Waals surface area contributed by atoms with Gasteiger partial charge in [0.1, 0.15) is 0 Å². The lowest BCUT2D eigenvalue weighted by atomic mass is 10.1. The molecule has 0 heterocycles. The maximum atomic E-state index is 9.05. The monoisotopic (exact) mass is 165 g/mol. The zero-order valence-corrected chi connectivity index (χ0v) is 7.32. The van der Waals surface area contributed by atoms with Gasteiger partial charge in [0.2, 0.25) is 0 Å². The van der Waals surface area contributed by atoms with Gasteiger partial charge < -0.3 is 5.11 Å². The molecule has 0 fully saturated rings. The predicted molar refractivity (Wildman–Crippen MR) is 49.0 cm³/mol. The summed E-state index contributed by atoms with van der Waals surface area (Å²) in [6.07, 6.45) is 8.93.